The number of rotatable bonds is 1. The van der Waals surface area contributed by atoms with Crippen molar-refractivity contribution in [2.75, 3.05) is 10.2 Å². The zero-order valence-corrected chi connectivity index (χ0v) is 9.42. The molecule has 1 aromatic heterocycles. The van der Waals surface area contributed by atoms with E-state index in [0.717, 1.165) is 29.2 Å². The average Bonchev–Trinajstić information content (AvgIpc) is 2.62. The van der Waals surface area contributed by atoms with Crippen LogP contribution in [0.15, 0.2) is 30.5 Å². The molecule has 0 aliphatic carbocycles. The van der Waals surface area contributed by atoms with Gasteiger partial charge in [-0.15, -0.1) is 0 Å². The van der Waals surface area contributed by atoms with Gasteiger partial charge < -0.3 is 10.2 Å². The smallest absolute Gasteiger partial charge is 0.214 e. The Bertz CT molecular complexity index is 576. The van der Waals surface area contributed by atoms with E-state index in [9.17, 15) is 4.79 Å². The number of para-hydroxylation sites is 2. The maximum absolute atomic E-state index is 11.2. The van der Waals surface area contributed by atoms with Crippen LogP contribution in [0.2, 0.25) is 0 Å². The van der Waals surface area contributed by atoms with Crippen LogP contribution >= 0.6 is 0 Å². The predicted octanol–water partition coefficient (Wildman–Crippen LogP) is 1.64. The Balaban J connectivity index is 2.18. The number of nitrogens with one attached hydrogen (secondary N) is 1. The second-order valence-corrected chi connectivity index (χ2v) is 4.02. The van der Waals surface area contributed by atoms with Gasteiger partial charge in [-0.25, -0.2) is 0 Å². The number of aryl methyl sites for hydroxylation is 1. The van der Waals surface area contributed by atoms with Crippen LogP contribution < -0.4 is 10.2 Å². The molecule has 0 radical (unpaired) electrons. The zero-order valence-electron chi connectivity index (χ0n) is 9.42. The lowest BCUT2D eigenvalue weighted by molar-refractivity contribution is -0.107. The Hall–Kier alpha value is -2.30. The highest BCUT2D eigenvalue weighted by Gasteiger charge is 2.20. The highest BCUT2D eigenvalue weighted by atomic mass is 16.1. The first kappa shape index (κ1) is 9.89. The van der Waals surface area contributed by atoms with Gasteiger partial charge in [-0.05, 0) is 12.1 Å². The van der Waals surface area contributed by atoms with Crippen molar-refractivity contribution in [3.63, 3.8) is 0 Å². The summed E-state index contributed by atoms with van der Waals surface area (Å²) in [6.45, 7) is 0.538. The summed E-state index contributed by atoms with van der Waals surface area (Å²) in [5.74, 6) is 0.932. The molecule has 0 saturated heterocycles. The van der Waals surface area contributed by atoms with Crippen molar-refractivity contribution >= 4 is 23.6 Å². The van der Waals surface area contributed by atoms with E-state index in [-0.39, 0.29) is 0 Å². The van der Waals surface area contributed by atoms with Crippen LogP contribution in [-0.4, -0.2) is 16.2 Å². The maximum Gasteiger partial charge on any atom is 0.214 e. The molecular weight excluding hydrogens is 216 g/mol. The predicted molar refractivity (Wildman–Crippen MR) is 65.2 cm³/mol. The second kappa shape index (κ2) is 3.62. The molecular formula is C12H12N4O. The molecule has 2 heterocycles. The van der Waals surface area contributed by atoms with Gasteiger partial charge >= 0.3 is 0 Å². The Labute approximate surface area is 98.7 Å². The van der Waals surface area contributed by atoms with Gasteiger partial charge in [0.1, 0.15) is 5.82 Å². The van der Waals surface area contributed by atoms with E-state index < -0.39 is 0 Å². The quantitative estimate of drug-likeness (QED) is 0.755. The minimum atomic E-state index is 0.538. The van der Waals surface area contributed by atoms with Crippen molar-refractivity contribution in [2.24, 2.45) is 7.05 Å². The number of anilines is 3. The van der Waals surface area contributed by atoms with E-state index >= 15 is 0 Å². The molecule has 1 aliphatic heterocycles. The Kier molecular flexibility index (Phi) is 2.11. The van der Waals surface area contributed by atoms with Crippen LogP contribution in [0.4, 0.5) is 17.2 Å². The van der Waals surface area contributed by atoms with Crippen molar-refractivity contribution in [1.82, 2.24) is 9.78 Å². The van der Waals surface area contributed by atoms with Gasteiger partial charge in [-0.2, -0.15) is 5.10 Å². The van der Waals surface area contributed by atoms with Gasteiger partial charge in [-0.3, -0.25) is 9.48 Å². The molecule has 0 bridgehead atoms. The Morgan fingerprint density at radius 1 is 1.41 bits per heavy atom. The number of benzene rings is 1. The van der Waals surface area contributed by atoms with E-state index in [0.29, 0.717) is 6.54 Å². The van der Waals surface area contributed by atoms with Crippen LogP contribution in [0.1, 0.15) is 5.56 Å². The highest BCUT2D eigenvalue weighted by molar-refractivity contribution is 5.87. The molecule has 0 fully saturated rings. The van der Waals surface area contributed by atoms with Crippen molar-refractivity contribution in [3.8, 4) is 0 Å². The molecule has 1 aliphatic rings. The number of aromatic nitrogens is 2. The fourth-order valence-electron chi connectivity index (χ4n) is 2.08. The topological polar surface area (TPSA) is 50.2 Å². The number of amides is 1. The summed E-state index contributed by atoms with van der Waals surface area (Å²) < 4.78 is 1.78. The number of carbonyl (C=O) groups is 1. The fourth-order valence-corrected chi connectivity index (χ4v) is 2.08. The minimum absolute atomic E-state index is 0.538. The second-order valence-electron chi connectivity index (χ2n) is 4.02. The minimum Gasteiger partial charge on any atom is -0.338 e. The monoisotopic (exact) mass is 228 g/mol. The molecule has 2 aromatic rings. The highest BCUT2D eigenvalue weighted by Crippen LogP contribution is 2.34. The van der Waals surface area contributed by atoms with Gasteiger partial charge in [0.15, 0.2) is 0 Å². The molecule has 0 spiro atoms. The summed E-state index contributed by atoms with van der Waals surface area (Å²) in [5, 5.41) is 7.51. The molecule has 17 heavy (non-hydrogen) atoms. The first-order valence-corrected chi connectivity index (χ1v) is 5.38. The Morgan fingerprint density at radius 3 is 3.06 bits per heavy atom. The normalized spacial score (nSPS) is 13.4. The lowest BCUT2D eigenvalue weighted by Gasteiger charge is -2.16. The van der Waals surface area contributed by atoms with Crippen molar-refractivity contribution in [1.29, 1.82) is 0 Å². The molecule has 0 atom stereocenters. The number of hydrogen-bond acceptors (Lipinski definition) is 3. The molecule has 0 saturated carbocycles. The molecule has 3 rings (SSSR count). The van der Waals surface area contributed by atoms with Crippen molar-refractivity contribution < 1.29 is 4.79 Å². The van der Waals surface area contributed by atoms with Gasteiger partial charge in [0.05, 0.1) is 24.1 Å². The standard InChI is InChI=1S/C12H12N4O/c1-15-12-9(6-13-15)7-16(8-17)11-5-3-2-4-10(11)14-12/h2-6,8,14H,7H2,1H3. The van der Waals surface area contributed by atoms with E-state index in [1.807, 2.05) is 31.3 Å². The third-order valence-electron chi connectivity index (χ3n) is 2.95. The van der Waals surface area contributed by atoms with E-state index in [1.54, 1.807) is 15.8 Å². The summed E-state index contributed by atoms with van der Waals surface area (Å²) in [5.41, 5.74) is 2.82. The summed E-state index contributed by atoms with van der Waals surface area (Å²) in [6, 6.07) is 7.74. The molecule has 1 aromatic carbocycles. The molecule has 1 N–H and O–H groups in total. The van der Waals surface area contributed by atoms with E-state index in [4.69, 9.17) is 0 Å². The molecule has 0 unspecified atom stereocenters. The fraction of sp³-hybridized carbons (Fsp3) is 0.167. The van der Waals surface area contributed by atoms with Crippen LogP contribution in [-0.2, 0) is 18.4 Å². The lowest BCUT2D eigenvalue weighted by atomic mass is 10.2. The molecule has 5 heteroatoms. The summed E-state index contributed by atoms with van der Waals surface area (Å²) >= 11 is 0. The van der Waals surface area contributed by atoms with E-state index in [2.05, 4.69) is 10.4 Å². The van der Waals surface area contributed by atoms with Gasteiger partial charge in [-0.1, -0.05) is 12.1 Å². The zero-order chi connectivity index (χ0) is 11.8. The molecule has 1 amide bonds. The van der Waals surface area contributed by atoms with Gasteiger partial charge in [0.2, 0.25) is 6.41 Å². The maximum atomic E-state index is 11.2. The van der Waals surface area contributed by atoms with Crippen LogP contribution in [0, 0.1) is 0 Å². The molecule has 5 nitrogen and oxygen atoms in total. The summed E-state index contributed by atoms with van der Waals surface area (Å²) in [4.78, 5) is 12.8. The van der Waals surface area contributed by atoms with Crippen LogP contribution in [0.25, 0.3) is 0 Å². The van der Waals surface area contributed by atoms with Crippen LogP contribution in [0.3, 0.4) is 0 Å². The number of nitrogens with zero attached hydrogens (tertiary/aromatic N) is 3. The summed E-state index contributed by atoms with van der Waals surface area (Å²) in [7, 11) is 1.88. The lowest BCUT2D eigenvalue weighted by Crippen LogP contribution is -2.19. The SMILES string of the molecule is Cn1ncc2c1Nc1ccccc1N(C=O)C2. The number of carbonyl (C=O) groups excluding carboxylic acids is 1. The average molecular weight is 228 g/mol. The first-order valence-electron chi connectivity index (χ1n) is 5.38. The number of hydrogen-bond donors (Lipinski definition) is 1. The largest absolute Gasteiger partial charge is 0.338 e. The Morgan fingerprint density at radius 2 is 2.24 bits per heavy atom. The first-order chi connectivity index (χ1) is 8.29. The van der Waals surface area contributed by atoms with Crippen molar-refractivity contribution in [3.05, 3.63) is 36.0 Å². The van der Waals surface area contributed by atoms with E-state index in [1.165, 1.54) is 0 Å². The van der Waals surface area contributed by atoms with Gasteiger partial charge in [0.25, 0.3) is 0 Å². The van der Waals surface area contributed by atoms with Gasteiger partial charge in [0, 0.05) is 12.6 Å². The molecule has 86 valence electrons. The third kappa shape index (κ3) is 1.47. The van der Waals surface area contributed by atoms with Crippen molar-refractivity contribution in [2.45, 2.75) is 6.54 Å². The number of fused-ring (bicyclic) bond motifs is 2. The summed E-state index contributed by atoms with van der Waals surface area (Å²) in [6.07, 6.45) is 2.63. The third-order valence-corrected chi connectivity index (χ3v) is 2.95. The van der Waals surface area contributed by atoms with Crippen LogP contribution in [0.5, 0.6) is 0 Å².